The second-order valence-electron chi connectivity index (χ2n) is 11.6. The van der Waals surface area contributed by atoms with Crippen LogP contribution < -0.4 is 31.0 Å². The zero-order valence-corrected chi connectivity index (χ0v) is 25.2. The standard InChI is InChI=1S/C34H40N4O6/c1-37-19-44-31-22-6-4-8-27-20(10-12-29(40)32(27)42-2)9-11-26(39)16-30(41)21-5-3-7-23(17-38-34(35)36)25-15-28(24(13-21)14-22)33(31)43-18-25/h10,12,14,21,23,25,30,37,40-41H,6-7,9,11,13,15-19H2,1-2H3,(H4,35,36,38)/t21-,23+,25+,30-/m0/s1. The molecule has 0 spiro atoms. The van der Waals surface area contributed by atoms with Crippen molar-refractivity contribution in [2.24, 2.45) is 34.2 Å². The molecule has 10 heteroatoms. The number of ether oxygens (including phenoxy) is 3. The van der Waals surface area contributed by atoms with Gasteiger partial charge in [0.15, 0.2) is 29.0 Å². The van der Waals surface area contributed by atoms with Crippen molar-refractivity contribution in [3.63, 3.8) is 0 Å². The van der Waals surface area contributed by atoms with E-state index >= 15 is 0 Å². The van der Waals surface area contributed by atoms with E-state index in [9.17, 15) is 15.0 Å². The van der Waals surface area contributed by atoms with Crippen LogP contribution in [-0.2, 0) is 30.5 Å². The minimum atomic E-state index is -0.958. The summed E-state index contributed by atoms with van der Waals surface area (Å²) in [5.41, 5.74) is 15.5. The lowest BCUT2D eigenvalue weighted by molar-refractivity contribution is -0.121. The number of aliphatic imine (C=N–C) groups is 1. The van der Waals surface area contributed by atoms with Gasteiger partial charge in [0.05, 0.1) is 31.3 Å². The molecule has 0 unspecified atom stereocenters. The van der Waals surface area contributed by atoms with E-state index in [4.69, 9.17) is 25.7 Å². The molecule has 0 saturated heterocycles. The number of Topliss-reactive ketones (excluding diaryl/α,β-unsaturated/α-hetero) is 1. The number of aliphatic hydroxyl groups is 1. The van der Waals surface area contributed by atoms with Gasteiger partial charge in [-0.25, -0.2) is 0 Å². The lowest BCUT2D eigenvalue weighted by Crippen LogP contribution is -2.33. The highest BCUT2D eigenvalue weighted by Gasteiger charge is 2.34. The molecule has 0 saturated carbocycles. The number of guanidine groups is 1. The van der Waals surface area contributed by atoms with Crippen molar-refractivity contribution in [2.45, 2.75) is 51.0 Å². The first-order valence-corrected chi connectivity index (χ1v) is 15.0. The van der Waals surface area contributed by atoms with Gasteiger partial charge in [-0.2, -0.15) is 0 Å². The van der Waals surface area contributed by atoms with Gasteiger partial charge in [-0.1, -0.05) is 29.9 Å². The van der Waals surface area contributed by atoms with E-state index < -0.39 is 12.0 Å². The molecule has 0 aromatic heterocycles. The van der Waals surface area contributed by atoms with Gasteiger partial charge >= 0.3 is 0 Å². The highest BCUT2D eigenvalue weighted by molar-refractivity contribution is 5.79. The average Bonchev–Trinajstić information content (AvgIpc) is 3.00. The molecule has 1 aliphatic heterocycles. The molecule has 0 fully saturated rings. The number of benzene rings is 2. The number of ketones is 1. The van der Waals surface area contributed by atoms with Gasteiger partial charge in [-0.3, -0.25) is 15.1 Å². The molecule has 10 nitrogen and oxygen atoms in total. The fourth-order valence-corrected chi connectivity index (χ4v) is 6.19. The Bertz CT molecular complexity index is 1560. The van der Waals surface area contributed by atoms with Crippen molar-refractivity contribution in [1.82, 2.24) is 5.32 Å². The summed E-state index contributed by atoms with van der Waals surface area (Å²) in [6, 6.07) is 5.37. The summed E-state index contributed by atoms with van der Waals surface area (Å²) in [4.78, 5) is 17.4. The molecule has 7 N–H and O–H groups in total. The van der Waals surface area contributed by atoms with E-state index in [0.717, 1.165) is 22.3 Å². The van der Waals surface area contributed by atoms with E-state index in [0.29, 0.717) is 62.3 Å². The van der Waals surface area contributed by atoms with E-state index in [1.54, 1.807) is 19.2 Å². The minimum absolute atomic E-state index is 0.0233. The first-order chi connectivity index (χ1) is 21.3. The van der Waals surface area contributed by atoms with Crippen LogP contribution in [0.2, 0.25) is 0 Å². The van der Waals surface area contributed by atoms with Crippen molar-refractivity contribution < 1.29 is 29.2 Å². The van der Waals surface area contributed by atoms with Gasteiger partial charge in [0, 0.05) is 49.3 Å². The number of hydrogen-bond acceptors (Lipinski definition) is 8. The number of fused-ring (bicyclic) bond motifs is 4. The molecule has 0 radical (unpaired) electrons. The summed E-state index contributed by atoms with van der Waals surface area (Å²) >= 11 is 0. The van der Waals surface area contributed by atoms with Crippen LogP contribution in [0.15, 0.2) is 23.2 Å². The quantitative estimate of drug-likeness (QED) is 0.144. The second kappa shape index (κ2) is 13.9. The molecule has 5 rings (SSSR count). The highest BCUT2D eigenvalue weighted by Crippen LogP contribution is 2.44. The molecule has 2 aliphatic carbocycles. The van der Waals surface area contributed by atoms with Crippen molar-refractivity contribution in [3.8, 4) is 46.7 Å². The molecular weight excluding hydrogens is 560 g/mol. The lowest BCUT2D eigenvalue weighted by Gasteiger charge is -2.34. The number of nitrogens with one attached hydrogen (secondary N) is 1. The van der Waals surface area contributed by atoms with E-state index in [-0.39, 0.29) is 54.7 Å². The molecule has 0 amide bonds. The summed E-state index contributed by atoms with van der Waals surface area (Å²) in [6.45, 7) is 1.14. The van der Waals surface area contributed by atoms with Crippen molar-refractivity contribution in [2.75, 3.05) is 34.0 Å². The molecule has 3 aliphatic rings. The van der Waals surface area contributed by atoms with Crippen LogP contribution >= 0.6 is 0 Å². The minimum Gasteiger partial charge on any atom is -0.504 e. The summed E-state index contributed by atoms with van der Waals surface area (Å²) in [5.74, 6) is 14.2. The normalized spacial score (nSPS) is 22.5. The number of phenolic OH excluding ortho intramolecular Hbond substituents is 1. The Labute approximate surface area is 258 Å². The summed E-state index contributed by atoms with van der Waals surface area (Å²) in [7, 11) is 3.29. The Morgan fingerprint density at radius 3 is 2.75 bits per heavy atom. The number of aromatic hydroxyl groups is 1. The number of carbonyl (C=O) groups excluding carboxylic acids is 1. The average molecular weight is 601 g/mol. The fraction of sp³-hybridized carbons (Fsp3) is 0.471. The number of aliphatic hydroxyl groups excluding tert-OH is 1. The van der Waals surface area contributed by atoms with Crippen LogP contribution in [0.5, 0.6) is 23.0 Å². The SMILES string of the molecule is CNCOc1c2cc3c4c1OC[C@@H](C4)[C@@H](CN=C(N)N)CC#C[C@@H](C3)[C@@H](O)CC(=O)CCc1ccc(O)c(OC)c1C#CC2. The van der Waals surface area contributed by atoms with Gasteiger partial charge in [0.1, 0.15) is 12.5 Å². The van der Waals surface area contributed by atoms with Crippen molar-refractivity contribution >= 4 is 11.7 Å². The highest BCUT2D eigenvalue weighted by atomic mass is 16.5. The Morgan fingerprint density at radius 2 is 1.98 bits per heavy atom. The fourth-order valence-electron chi connectivity index (χ4n) is 6.19. The van der Waals surface area contributed by atoms with Gasteiger partial charge < -0.3 is 35.9 Å². The van der Waals surface area contributed by atoms with Crippen LogP contribution in [0, 0.1) is 41.4 Å². The third-order valence-electron chi connectivity index (χ3n) is 8.54. The lowest BCUT2D eigenvalue weighted by atomic mass is 9.78. The number of nitrogens with two attached hydrogens (primary N) is 2. The van der Waals surface area contributed by atoms with Crippen LogP contribution in [0.1, 0.15) is 47.1 Å². The predicted molar refractivity (Wildman–Crippen MR) is 167 cm³/mol. The third-order valence-corrected chi connectivity index (χ3v) is 8.54. The van der Waals surface area contributed by atoms with E-state index in [1.165, 1.54) is 7.11 Å². The molecule has 1 heterocycles. The molecular formula is C34H40N4O6. The third kappa shape index (κ3) is 6.88. The number of methoxy groups -OCH3 is 1. The van der Waals surface area contributed by atoms with Gasteiger partial charge in [0.2, 0.25) is 0 Å². The molecule has 232 valence electrons. The van der Waals surface area contributed by atoms with E-state index in [2.05, 4.69) is 40.1 Å². The summed E-state index contributed by atoms with van der Waals surface area (Å²) in [6.07, 6.45) is 1.65. The molecule has 4 atom stereocenters. The first-order valence-electron chi connectivity index (χ1n) is 15.0. The number of nitrogens with zero attached hydrogens (tertiary/aromatic N) is 1. The van der Waals surface area contributed by atoms with Crippen molar-refractivity contribution in [3.05, 3.63) is 46.0 Å². The zero-order chi connectivity index (χ0) is 31.2. The maximum absolute atomic E-state index is 13.1. The van der Waals surface area contributed by atoms with Gasteiger partial charge in [-0.15, -0.1) is 5.92 Å². The number of hydrogen-bond donors (Lipinski definition) is 5. The molecule has 5 bridgehead atoms. The molecule has 2 aromatic rings. The first kappa shape index (κ1) is 31.1. The monoisotopic (exact) mass is 600 g/mol. The largest absolute Gasteiger partial charge is 0.504 e. The van der Waals surface area contributed by atoms with Crippen LogP contribution in [0.3, 0.4) is 0 Å². The topological polar surface area (TPSA) is 162 Å². The Kier molecular flexibility index (Phi) is 9.84. The van der Waals surface area contributed by atoms with E-state index in [1.807, 2.05) is 0 Å². The van der Waals surface area contributed by atoms with Crippen LogP contribution in [0.4, 0.5) is 0 Å². The smallest absolute Gasteiger partial charge is 0.185 e. The number of carbonyl (C=O) groups is 1. The number of rotatable bonds is 6. The van der Waals surface area contributed by atoms with Crippen LogP contribution in [-0.4, -0.2) is 62.1 Å². The Hall–Kier alpha value is -4.38. The van der Waals surface area contributed by atoms with Crippen LogP contribution in [0.25, 0.3) is 0 Å². The summed E-state index contributed by atoms with van der Waals surface area (Å²) in [5, 5.41) is 24.9. The number of aryl methyl sites for hydroxylation is 1. The maximum atomic E-state index is 13.1. The second-order valence-corrected chi connectivity index (χ2v) is 11.6. The predicted octanol–water partition coefficient (Wildman–Crippen LogP) is 1.82. The van der Waals surface area contributed by atoms with Gasteiger partial charge in [0.25, 0.3) is 0 Å². The molecule has 2 aromatic carbocycles. The number of phenols is 1. The Balaban J connectivity index is 1.67. The zero-order valence-electron chi connectivity index (χ0n) is 25.2. The maximum Gasteiger partial charge on any atom is 0.185 e. The summed E-state index contributed by atoms with van der Waals surface area (Å²) < 4.78 is 18.2. The van der Waals surface area contributed by atoms with Crippen molar-refractivity contribution in [1.29, 1.82) is 0 Å². The Morgan fingerprint density at radius 1 is 1.14 bits per heavy atom. The van der Waals surface area contributed by atoms with Gasteiger partial charge in [-0.05, 0) is 49.4 Å². The molecule has 44 heavy (non-hydrogen) atoms.